The number of rotatable bonds is 10. The number of aryl methyl sites for hydroxylation is 1. The summed E-state index contributed by atoms with van der Waals surface area (Å²) in [7, 11) is 4.45. The second-order valence-electron chi connectivity index (χ2n) is 14.7. The molecular weight excluding hydrogens is 724 g/mol. The number of hydrogen-bond acceptors (Lipinski definition) is 11. The van der Waals surface area contributed by atoms with Gasteiger partial charge < -0.3 is 33.8 Å². The molecule has 4 atom stereocenters. The Morgan fingerprint density at radius 3 is 2.59 bits per heavy atom. The Labute approximate surface area is 319 Å². The minimum absolute atomic E-state index is 0.169. The third-order valence-corrected chi connectivity index (χ3v) is 15.7. The van der Waals surface area contributed by atoms with Crippen molar-refractivity contribution in [2.75, 3.05) is 31.9 Å². The van der Waals surface area contributed by atoms with E-state index in [1.165, 1.54) is 17.7 Å². The highest BCUT2D eigenvalue weighted by atomic mass is 32.1. The normalized spacial score (nSPS) is 18.9. The maximum absolute atomic E-state index is 17.2. The fourth-order valence-electron chi connectivity index (χ4n) is 6.22. The highest BCUT2D eigenvalue weighted by Crippen LogP contribution is 2.44. The molecule has 15 heteroatoms. The fraction of sp³-hybridized carbons (Fsp3) is 0.385. The van der Waals surface area contributed by atoms with E-state index >= 15 is 4.39 Å². The van der Waals surface area contributed by atoms with Crippen molar-refractivity contribution in [2.24, 2.45) is 7.05 Å². The highest BCUT2D eigenvalue weighted by molar-refractivity contribution is 7.19. The Morgan fingerprint density at radius 2 is 1.89 bits per heavy atom. The lowest BCUT2D eigenvalue weighted by atomic mass is 10.1. The number of hydrogen-bond donors (Lipinski definition) is 2. The zero-order valence-corrected chi connectivity index (χ0v) is 33.7. The van der Waals surface area contributed by atoms with Gasteiger partial charge in [-0.05, 0) is 54.5 Å². The van der Waals surface area contributed by atoms with E-state index in [0.29, 0.717) is 40.6 Å². The molecule has 12 nitrogen and oxygen atoms in total. The van der Waals surface area contributed by atoms with Gasteiger partial charge in [-0.25, -0.2) is 19.3 Å². The van der Waals surface area contributed by atoms with Gasteiger partial charge in [-0.2, -0.15) is 5.10 Å². The lowest BCUT2D eigenvalue weighted by Gasteiger charge is -2.39. The maximum Gasteiger partial charge on any atom is 0.192 e. The first-order valence-corrected chi connectivity index (χ1v) is 21.4. The number of nitrogens with zero attached hydrogens (tertiary/aromatic N) is 6. The second-order valence-corrected chi connectivity index (χ2v) is 20.6. The van der Waals surface area contributed by atoms with Crippen LogP contribution in [0.5, 0.6) is 11.5 Å². The Kier molecular flexibility index (Phi) is 10.1. The van der Waals surface area contributed by atoms with Crippen LogP contribution < -0.4 is 20.1 Å². The molecule has 6 heterocycles. The first-order chi connectivity index (χ1) is 25.8. The minimum Gasteiger partial charge on any atom is -0.497 e. The van der Waals surface area contributed by atoms with Crippen LogP contribution in [0.2, 0.25) is 18.1 Å². The number of pyridine rings is 1. The van der Waals surface area contributed by atoms with Crippen LogP contribution in [0.25, 0.3) is 32.5 Å². The molecule has 0 spiro atoms. The Hall–Kier alpha value is -5.01. The molecule has 1 aromatic carbocycles. The average Bonchev–Trinajstić information content (AvgIpc) is 3.93. The summed E-state index contributed by atoms with van der Waals surface area (Å²) in [4.78, 5) is 14.8. The van der Waals surface area contributed by atoms with Gasteiger partial charge >= 0.3 is 0 Å². The fourth-order valence-corrected chi connectivity index (χ4v) is 8.37. The number of aromatic nitrogens is 6. The first kappa shape index (κ1) is 37.3. The van der Waals surface area contributed by atoms with Gasteiger partial charge in [0.1, 0.15) is 47.3 Å². The van der Waals surface area contributed by atoms with Crippen molar-refractivity contribution in [3.8, 4) is 34.6 Å². The van der Waals surface area contributed by atoms with Crippen molar-refractivity contribution < 1.29 is 23.0 Å². The monoisotopic (exact) mass is 768 g/mol. The molecule has 1 aliphatic heterocycles. The van der Waals surface area contributed by atoms with E-state index in [-0.39, 0.29) is 5.04 Å². The van der Waals surface area contributed by atoms with Gasteiger partial charge in [0.2, 0.25) is 0 Å². The largest absolute Gasteiger partial charge is 0.497 e. The summed E-state index contributed by atoms with van der Waals surface area (Å²) >= 11 is 1.53. The molecule has 0 bridgehead atoms. The zero-order chi connectivity index (χ0) is 38.4. The molecule has 0 aliphatic carbocycles. The minimum atomic E-state index is -2.47. The Morgan fingerprint density at radius 1 is 1.07 bits per heavy atom. The van der Waals surface area contributed by atoms with Crippen LogP contribution in [0.15, 0.2) is 61.2 Å². The number of methoxy groups -OCH3 is 2. The standard InChI is InChI=1S/C39H45FN8O4SSi/c1-39(2,3)54(8,9)52-35-29(13-12-25-19-28-31(53-25)14-15-32(41-4)45-28)51-38(34(35)40)48-21-26(27-16-17-47(5)46-27)33-36(43-22-44-37(33)48)42-20-23-10-11-24(49-6)18-30(23)50-7/h10-11,14-19,21-22,29,34-35,38H,20H2,1-9H3,(H,41,45)(H,42,43,44)/t29-,34+,35-,38-/m1/s1. The number of anilines is 2. The molecule has 6 aromatic rings. The molecule has 282 valence electrons. The third kappa shape index (κ3) is 7.14. The molecule has 5 aromatic heterocycles. The highest BCUT2D eigenvalue weighted by Gasteiger charge is 2.51. The van der Waals surface area contributed by atoms with Crippen LogP contribution in [-0.2, 0) is 22.8 Å². The van der Waals surface area contributed by atoms with E-state index < -0.39 is 32.9 Å². The third-order valence-electron chi connectivity index (χ3n) is 10.2. The summed E-state index contributed by atoms with van der Waals surface area (Å²) in [5.41, 5.74) is 3.63. The molecule has 0 unspecified atom stereocenters. The van der Waals surface area contributed by atoms with Crippen molar-refractivity contribution in [3.05, 3.63) is 71.6 Å². The SMILES string of the molecule is CNc1ccc2sc(C#C[C@H]3O[C@@H](n4cc(-c5ccn(C)n5)c5c(NCc6ccc(OC)cc6OC)ncnc54)[C@@H](F)[C@@H]3O[Si](C)(C)C(C)(C)C)cc2n1. The summed E-state index contributed by atoms with van der Waals surface area (Å²) in [5, 5.41) is 11.7. The van der Waals surface area contributed by atoms with Crippen LogP contribution in [0, 0.1) is 11.8 Å². The molecule has 7 rings (SSSR count). The van der Waals surface area contributed by atoms with Gasteiger partial charge in [0.05, 0.1) is 40.4 Å². The van der Waals surface area contributed by atoms with E-state index in [4.69, 9.17) is 28.7 Å². The number of nitrogens with one attached hydrogen (secondary N) is 2. The van der Waals surface area contributed by atoms with Crippen molar-refractivity contribution in [1.29, 1.82) is 0 Å². The lowest BCUT2D eigenvalue weighted by molar-refractivity contribution is 0.00256. The van der Waals surface area contributed by atoms with Crippen LogP contribution in [0.1, 0.15) is 37.4 Å². The number of ether oxygens (including phenoxy) is 3. The predicted molar refractivity (Wildman–Crippen MR) is 214 cm³/mol. The van der Waals surface area contributed by atoms with Crippen LogP contribution in [0.3, 0.4) is 0 Å². The van der Waals surface area contributed by atoms with Crippen molar-refractivity contribution in [3.63, 3.8) is 0 Å². The predicted octanol–water partition coefficient (Wildman–Crippen LogP) is 7.79. The quantitative estimate of drug-likeness (QED) is 0.106. The average molecular weight is 769 g/mol. The molecular formula is C39H45FN8O4SSi. The molecule has 54 heavy (non-hydrogen) atoms. The lowest BCUT2D eigenvalue weighted by Crippen LogP contribution is -2.48. The molecule has 1 saturated heterocycles. The summed E-state index contributed by atoms with van der Waals surface area (Å²) in [5.74, 6) is 9.21. The van der Waals surface area contributed by atoms with E-state index in [9.17, 15) is 0 Å². The summed E-state index contributed by atoms with van der Waals surface area (Å²) in [6, 6.07) is 13.4. The molecule has 1 aliphatic rings. The first-order valence-electron chi connectivity index (χ1n) is 17.7. The van der Waals surface area contributed by atoms with Gasteiger partial charge in [-0.1, -0.05) is 32.6 Å². The Balaban J connectivity index is 1.29. The number of halogens is 1. The van der Waals surface area contributed by atoms with E-state index in [1.54, 1.807) is 23.5 Å². The molecule has 0 radical (unpaired) electrons. The van der Waals surface area contributed by atoms with E-state index in [1.807, 2.05) is 69.0 Å². The summed E-state index contributed by atoms with van der Waals surface area (Å²) < 4.78 is 46.1. The second kappa shape index (κ2) is 14.7. The number of alkyl halides is 1. The topological polar surface area (TPSA) is 122 Å². The summed E-state index contributed by atoms with van der Waals surface area (Å²) in [6.07, 6.45) is 0.710. The number of thiophene rings is 1. The van der Waals surface area contributed by atoms with Crippen LogP contribution >= 0.6 is 11.3 Å². The van der Waals surface area contributed by atoms with Gasteiger partial charge in [0.25, 0.3) is 0 Å². The van der Waals surface area contributed by atoms with E-state index in [0.717, 1.165) is 32.0 Å². The molecule has 2 N–H and O–H groups in total. The number of benzene rings is 1. The van der Waals surface area contributed by atoms with Gasteiger partial charge in [0.15, 0.2) is 20.7 Å². The van der Waals surface area contributed by atoms with Gasteiger partial charge in [-0.3, -0.25) is 4.68 Å². The van der Waals surface area contributed by atoms with Gasteiger partial charge in [-0.15, -0.1) is 11.3 Å². The van der Waals surface area contributed by atoms with Crippen molar-refractivity contribution in [2.45, 2.75) is 70.1 Å². The van der Waals surface area contributed by atoms with E-state index in [2.05, 4.69) is 66.3 Å². The van der Waals surface area contributed by atoms with Crippen molar-refractivity contribution >= 4 is 52.5 Å². The van der Waals surface area contributed by atoms with Crippen molar-refractivity contribution in [1.82, 2.24) is 29.3 Å². The maximum atomic E-state index is 17.2. The molecule has 1 fully saturated rings. The van der Waals surface area contributed by atoms with Crippen LogP contribution in [0.4, 0.5) is 16.0 Å². The Bertz CT molecular complexity index is 2380. The summed E-state index contributed by atoms with van der Waals surface area (Å²) in [6.45, 7) is 11.0. The van der Waals surface area contributed by atoms with Gasteiger partial charge in [0, 0.05) is 50.2 Å². The number of fused-ring (bicyclic) bond motifs is 2. The van der Waals surface area contributed by atoms with Crippen LogP contribution in [-0.4, -0.2) is 77.3 Å². The molecule has 0 saturated carbocycles. The molecule has 0 amide bonds. The smallest absolute Gasteiger partial charge is 0.192 e. The zero-order valence-electron chi connectivity index (χ0n) is 31.9.